The second kappa shape index (κ2) is 12.6. The average Bonchev–Trinajstić information content (AvgIpc) is 3.02. The van der Waals surface area contributed by atoms with E-state index in [0.717, 1.165) is 50.6 Å². The van der Waals surface area contributed by atoms with Crippen molar-refractivity contribution in [1.82, 2.24) is 0 Å². The number of para-hydroxylation sites is 1. The number of hydrogen-bond acceptors (Lipinski definition) is 8. The van der Waals surface area contributed by atoms with Gasteiger partial charge in [0.05, 0.1) is 6.61 Å². The zero-order valence-electron chi connectivity index (χ0n) is 25.2. The smallest absolute Gasteiger partial charge is 0.336 e. The Hall–Kier alpha value is -5.50. The van der Waals surface area contributed by atoms with Gasteiger partial charge in [0.25, 0.3) is 0 Å². The Morgan fingerprint density at radius 2 is 1.44 bits per heavy atom. The van der Waals surface area contributed by atoms with Gasteiger partial charge in [0.15, 0.2) is 11.5 Å². The monoisotopic (exact) mass is 604 g/mol. The van der Waals surface area contributed by atoms with Crippen molar-refractivity contribution in [2.75, 3.05) is 19.8 Å². The maximum absolute atomic E-state index is 12.1. The predicted molar refractivity (Wildman–Crippen MR) is 174 cm³/mol. The first kappa shape index (κ1) is 29.6. The van der Waals surface area contributed by atoms with Crippen molar-refractivity contribution in [3.63, 3.8) is 0 Å². The molecule has 0 unspecified atom stereocenters. The molecule has 0 aliphatic carbocycles. The lowest BCUT2D eigenvalue weighted by Crippen LogP contribution is -2.16. The van der Waals surface area contributed by atoms with Gasteiger partial charge in [-0.1, -0.05) is 43.3 Å². The van der Waals surface area contributed by atoms with Crippen molar-refractivity contribution in [1.29, 1.82) is 0 Å². The molecule has 0 fully saturated rings. The zero-order chi connectivity index (χ0) is 31.5. The lowest BCUT2D eigenvalue weighted by atomic mass is 9.95. The van der Waals surface area contributed by atoms with Crippen molar-refractivity contribution in [3.8, 4) is 45.3 Å². The van der Waals surface area contributed by atoms with Gasteiger partial charge in [-0.3, -0.25) is 0 Å². The second-order valence-corrected chi connectivity index (χ2v) is 10.7. The molecule has 0 saturated carbocycles. The average molecular weight is 605 g/mol. The standard InChI is InChI=1S/C20H18O5.C17H14O3/c1-2-8-22-13-6-7-14-16(12-19(21)25-18(14)11-13)15-4-3-5-17-20(15)24-10-9-23-17;1-10-5-3-4-6-13(10)14-9-16(19)20-15-8-12(18)7-11(2)17(14)15/h3-7,11-12H,2,8-10H2,1H3;3-9,18H,1-2H3. The molecular formula is C37H32O8. The Bertz CT molecular complexity index is 2140. The van der Waals surface area contributed by atoms with E-state index >= 15 is 0 Å². The molecule has 3 heterocycles. The van der Waals surface area contributed by atoms with E-state index in [1.807, 2.05) is 75.4 Å². The quantitative estimate of drug-likeness (QED) is 0.199. The van der Waals surface area contributed by atoms with Gasteiger partial charge in [0.1, 0.15) is 35.9 Å². The van der Waals surface area contributed by atoms with E-state index in [4.69, 9.17) is 23.0 Å². The van der Waals surface area contributed by atoms with Crippen molar-refractivity contribution in [2.45, 2.75) is 27.2 Å². The number of hydrogen-bond donors (Lipinski definition) is 1. The third-order valence-electron chi connectivity index (χ3n) is 7.51. The molecule has 228 valence electrons. The molecule has 8 heteroatoms. The fourth-order valence-corrected chi connectivity index (χ4v) is 5.54. The highest BCUT2D eigenvalue weighted by Gasteiger charge is 2.19. The Labute approximate surface area is 259 Å². The topological polar surface area (TPSA) is 108 Å². The minimum absolute atomic E-state index is 0.0973. The molecule has 0 atom stereocenters. The van der Waals surface area contributed by atoms with Crippen LogP contribution in [0.3, 0.4) is 0 Å². The van der Waals surface area contributed by atoms with Crippen LogP contribution in [-0.4, -0.2) is 24.9 Å². The number of phenolic OH excluding ortho intramolecular Hbond substituents is 1. The largest absolute Gasteiger partial charge is 0.508 e. The van der Waals surface area contributed by atoms with Crippen LogP contribution >= 0.6 is 0 Å². The van der Waals surface area contributed by atoms with Crippen molar-refractivity contribution >= 4 is 21.9 Å². The number of aromatic hydroxyl groups is 1. The van der Waals surface area contributed by atoms with Gasteiger partial charge in [0, 0.05) is 51.7 Å². The Morgan fingerprint density at radius 1 is 0.711 bits per heavy atom. The van der Waals surface area contributed by atoms with Gasteiger partial charge in [0.2, 0.25) is 0 Å². The van der Waals surface area contributed by atoms with Gasteiger partial charge in [-0.15, -0.1) is 0 Å². The number of phenols is 1. The Balaban J connectivity index is 0.000000163. The number of ether oxygens (including phenoxy) is 3. The molecule has 0 bridgehead atoms. The highest BCUT2D eigenvalue weighted by Crippen LogP contribution is 2.42. The van der Waals surface area contributed by atoms with Crippen molar-refractivity contribution in [2.24, 2.45) is 0 Å². The zero-order valence-corrected chi connectivity index (χ0v) is 25.2. The van der Waals surface area contributed by atoms with E-state index in [-0.39, 0.29) is 5.75 Å². The summed E-state index contributed by atoms with van der Waals surface area (Å²) in [6, 6.07) is 25.3. The van der Waals surface area contributed by atoms with Crippen LogP contribution in [0, 0.1) is 13.8 Å². The molecule has 7 rings (SSSR count). The molecule has 6 aromatic rings. The number of fused-ring (bicyclic) bond motifs is 3. The summed E-state index contributed by atoms with van der Waals surface area (Å²) in [7, 11) is 0. The van der Waals surface area contributed by atoms with Crippen molar-refractivity contribution < 1.29 is 28.2 Å². The van der Waals surface area contributed by atoms with E-state index in [2.05, 4.69) is 0 Å². The normalized spacial score (nSPS) is 12.1. The van der Waals surface area contributed by atoms with Crippen LogP contribution in [-0.2, 0) is 0 Å². The minimum atomic E-state index is -0.416. The summed E-state index contributed by atoms with van der Waals surface area (Å²) in [5.41, 5.74) is 5.46. The summed E-state index contributed by atoms with van der Waals surface area (Å²) in [5, 5.41) is 11.3. The van der Waals surface area contributed by atoms with Crippen LogP contribution < -0.4 is 25.5 Å². The SMILES string of the molecule is CCCOc1ccc2c(-c3cccc4c3OCCO4)cc(=O)oc2c1.Cc1ccccc1-c1cc(=O)oc2cc(O)cc(C)c12. The predicted octanol–water partition coefficient (Wildman–Crippen LogP) is 7.80. The maximum Gasteiger partial charge on any atom is 0.336 e. The molecule has 0 radical (unpaired) electrons. The third-order valence-corrected chi connectivity index (χ3v) is 7.51. The summed E-state index contributed by atoms with van der Waals surface area (Å²) >= 11 is 0. The number of aryl methyl sites for hydroxylation is 2. The lowest BCUT2D eigenvalue weighted by molar-refractivity contribution is 0.172. The molecule has 0 spiro atoms. The van der Waals surface area contributed by atoms with Gasteiger partial charge in [-0.25, -0.2) is 9.59 Å². The highest BCUT2D eigenvalue weighted by atomic mass is 16.6. The molecule has 2 aromatic heterocycles. The fourth-order valence-electron chi connectivity index (χ4n) is 5.54. The number of benzene rings is 4. The van der Waals surface area contributed by atoms with Crippen LogP contribution in [0.4, 0.5) is 0 Å². The van der Waals surface area contributed by atoms with E-state index in [0.29, 0.717) is 48.2 Å². The van der Waals surface area contributed by atoms with E-state index in [9.17, 15) is 14.7 Å². The van der Waals surface area contributed by atoms with Crippen LogP contribution in [0.5, 0.6) is 23.0 Å². The molecule has 1 aliphatic rings. The molecular weight excluding hydrogens is 572 g/mol. The van der Waals surface area contributed by atoms with Crippen LogP contribution in [0.25, 0.3) is 44.2 Å². The van der Waals surface area contributed by atoms with Gasteiger partial charge >= 0.3 is 11.3 Å². The molecule has 4 aromatic carbocycles. The molecule has 0 saturated heterocycles. The highest BCUT2D eigenvalue weighted by molar-refractivity contribution is 5.97. The van der Waals surface area contributed by atoms with E-state index in [1.54, 1.807) is 12.1 Å². The van der Waals surface area contributed by atoms with Crippen LogP contribution in [0.15, 0.2) is 103 Å². The van der Waals surface area contributed by atoms with Gasteiger partial charge in [-0.05, 0) is 61.2 Å². The molecule has 1 aliphatic heterocycles. The van der Waals surface area contributed by atoms with Crippen LogP contribution in [0.2, 0.25) is 0 Å². The minimum Gasteiger partial charge on any atom is -0.508 e. The van der Waals surface area contributed by atoms with Crippen LogP contribution in [0.1, 0.15) is 24.5 Å². The fraction of sp³-hybridized carbons (Fsp3) is 0.189. The summed E-state index contributed by atoms with van der Waals surface area (Å²) in [6.45, 7) is 7.56. The molecule has 8 nitrogen and oxygen atoms in total. The summed E-state index contributed by atoms with van der Waals surface area (Å²) in [5.74, 6) is 2.13. The third kappa shape index (κ3) is 6.13. The summed E-state index contributed by atoms with van der Waals surface area (Å²) < 4.78 is 27.7. The molecule has 0 amide bonds. The number of rotatable bonds is 5. The molecule has 45 heavy (non-hydrogen) atoms. The maximum atomic E-state index is 12.1. The first-order chi connectivity index (χ1) is 21.8. The van der Waals surface area contributed by atoms with Crippen molar-refractivity contribution in [3.05, 3.63) is 117 Å². The first-order valence-electron chi connectivity index (χ1n) is 14.8. The molecule has 1 N–H and O–H groups in total. The summed E-state index contributed by atoms with van der Waals surface area (Å²) in [6.07, 6.45) is 0.912. The lowest BCUT2D eigenvalue weighted by Gasteiger charge is -2.21. The van der Waals surface area contributed by atoms with E-state index in [1.165, 1.54) is 18.2 Å². The van der Waals surface area contributed by atoms with Gasteiger partial charge < -0.3 is 28.2 Å². The van der Waals surface area contributed by atoms with Gasteiger partial charge in [-0.2, -0.15) is 0 Å². The Morgan fingerprint density at radius 3 is 2.24 bits per heavy atom. The Kier molecular flexibility index (Phi) is 8.29. The second-order valence-electron chi connectivity index (χ2n) is 10.7. The summed E-state index contributed by atoms with van der Waals surface area (Å²) in [4.78, 5) is 23.9. The first-order valence-corrected chi connectivity index (χ1v) is 14.8. The van der Waals surface area contributed by atoms with E-state index < -0.39 is 11.3 Å².